The molecule has 0 aliphatic carbocycles. The van der Waals surface area contributed by atoms with Gasteiger partial charge in [0.25, 0.3) is 0 Å². The van der Waals surface area contributed by atoms with Crippen LogP contribution in [0.1, 0.15) is 39.2 Å². The van der Waals surface area contributed by atoms with E-state index in [1.165, 1.54) is 12.3 Å². The second kappa shape index (κ2) is 8.53. The first kappa shape index (κ1) is 22.8. The van der Waals surface area contributed by atoms with Crippen LogP contribution in [0.4, 0.5) is 23.9 Å². The summed E-state index contributed by atoms with van der Waals surface area (Å²) in [6.45, 7) is 6.26. The molecule has 0 saturated carbocycles. The number of aromatic amines is 1. The van der Waals surface area contributed by atoms with Crippen LogP contribution in [0.25, 0.3) is 22.3 Å². The summed E-state index contributed by atoms with van der Waals surface area (Å²) in [5.74, 6) is 0.0545. The lowest BCUT2D eigenvalue weighted by atomic mass is 10.1. The van der Waals surface area contributed by atoms with Crippen molar-refractivity contribution >= 4 is 23.1 Å². The molecule has 3 aromatic rings. The van der Waals surface area contributed by atoms with Gasteiger partial charge >= 0.3 is 12.3 Å². The molecule has 2 N–H and O–H groups in total. The first-order valence-electron chi connectivity index (χ1n) is 10.5. The predicted molar refractivity (Wildman–Crippen MR) is 115 cm³/mol. The van der Waals surface area contributed by atoms with Crippen molar-refractivity contribution in [2.45, 2.75) is 51.4 Å². The van der Waals surface area contributed by atoms with Crippen LogP contribution in [-0.4, -0.2) is 55.7 Å². The summed E-state index contributed by atoms with van der Waals surface area (Å²) in [4.78, 5) is 29.0. The molecule has 11 heteroatoms. The molecule has 1 atom stereocenters. The Labute approximate surface area is 188 Å². The number of carbonyl (C=O) groups excluding carboxylic acids is 1. The van der Waals surface area contributed by atoms with Crippen LogP contribution in [0.3, 0.4) is 0 Å². The van der Waals surface area contributed by atoms with Crippen LogP contribution >= 0.6 is 0 Å². The third-order valence-corrected chi connectivity index (χ3v) is 5.15. The third-order valence-electron chi connectivity index (χ3n) is 5.15. The number of rotatable bonds is 3. The van der Waals surface area contributed by atoms with Gasteiger partial charge in [0.05, 0.1) is 11.9 Å². The van der Waals surface area contributed by atoms with Crippen molar-refractivity contribution in [1.82, 2.24) is 24.8 Å². The Bertz CT molecular complexity index is 1150. The van der Waals surface area contributed by atoms with Gasteiger partial charge in [0.2, 0.25) is 5.95 Å². The zero-order valence-electron chi connectivity index (χ0n) is 18.5. The zero-order chi connectivity index (χ0) is 23.8. The number of H-pyrrole nitrogens is 1. The van der Waals surface area contributed by atoms with Gasteiger partial charge < -0.3 is 19.9 Å². The second-order valence-corrected chi connectivity index (χ2v) is 8.90. The molecular weight excluding hydrogens is 437 g/mol. The molecular formula is C22H24F3N6O2. The fourth-order valence-corrected chi connectivity index (χ4v) is 3.74. The summed E-state index contributed by atoms with van der Waals surface area (Å²) < 4.78 is 46.6. The Kier molecular flexibility index (Phi) is 5.89. The minimum Gasteiger partial charge on any atom is -0.444 e. The highest BCUT2D eigenvalue weighted by molar-refractivity contribution is 5.93. The van der Waals surface area contributed by atoms with Crippen LogP contribution in [0, 0.1) is 6.20 Å². The summed E-state index contributed by atoms with van der Waals surface area (Å²) in [6, 6.07) is 2.93. The van der Waals surface area contributed by atoms with E-state index in [1.807, 2.05) is 0 Å². The first-order chi connectivity index (χ1) is 15.5. The number of piperidine rings is 1. The number of pyridine rings is 1. The maximum atomic E-state index is 13.7. The molecule has 1 aliphatic rings. The number of carbonyl (C=O) groups is 1. The van der Waals surface area contributed by atoms with E-state index in [0.717, 1.165) is 12.6 Å². The van der Waals surface area contributed by atoms with Gasteiger partial charge in [0, 0.05) is 42.5 Å². The van der Waals surface area contributed by atoms with Gasteiger partial charge in [-0.15, -0.1) is 0 Å². The number of amides is 1. The number of hydrogen-bond acceptors (Lipinski definition) is 6. The molecule has 175 valence electrons. The molecule has 1 amide bonds. The maximum absolute atomic E-state index is 13.7. The molecule has 0 bridgehead atoms. The summed E-state index contributed by atoms with van der Waals surface area (Å²) >= 11 is 0. The van der Waals surface area contributed by atoms with E-state index < -0.39 is 23.4 Å². The highest BCUT2D eigenvalue weighted by Crippen LogP contribution is 2.38. The Balaban J connectivity index is 1.60. The van der Waals surface area contributed by atoms with Crippen molar-refractivity contribution in [1.29, 1.82) is 0 Å². The smallest absolute Gasteiger partial charge is 0.419 e. The minimum atomic E-state index is -4.63. The molecule has 0 unspecified atom stereocenters. The number of likely N-dealkylation sites (tertiary alicyclic amines) is 1. The number of alkyl halides is 3. The van der Waals surface area contributed by atoms with Crippen LogP contribution in [0.5, 0.6) is 0 Å². The van der Waals surface area contributed by atoms with Gasteiger partial charge in [-0.3, -0.25) is 0 Å². The SMILES string of the molecule is CC(C)(C)OC(=O)N1CCC[C@H](Nc2ncc(C(F)(F)F)c(-c3c[nH]c4n[c]ccc34)n2)C1. The van der Waals surface area contributed by atoms with E-state index in [1.54, 1.807) is 31.7 Å². The molecule has 8 nitrogen and oxygen atoms in total. The maximum Gasteiger partial charge on any atom is 0.419 e. The first-order valence-corrected chi connectivity index (χ1v) is 10.5. The Morgan fingerprint density at radius 3 is 2.85 bits per heavy atom. The molecule has 33 heavy (non-hydrogen) atoms. The number of nitrogens with one attached hydrogen (secondary N) is 2. The Hall–Kier alpha value is -3.37. The summed E-state index contributed by atoms with van der Waals surface area (Å²) in [5.41, 5.74) is -1.13. The lowest BCUT2D eigenvalue weighted by molar-refractivity contribution is -0.137. The van der Waals surface area contributed by atoms with Crippen LogP contribution in [0.2, 0.25) is 0 Å². The lowest BCUT2D eigenvalue weighted by Gasteiger charge is -2.34. The quantitative estimate of drug-likeness (QED) is 0.590. The van der Waals surface area contributed by atoms with Gasteiger partial charge in [-0.1, -0.05) is 0 Å². The van der Waals surface area contributed by atoms with Gasteiger partial charge in [0.15, 0.2) is 0 Å². The molecule has 4 rings (SSSR count). The minimum absolute atomic E-state index is 0.0545. The van der Waals surface area contributed by atoms with Crippen LogP contribution in [0.15, 0.2) is 24.5 Å². The van der Waals surface area contributed by atoms with Crippen molar-refractivity contribution in [2.24, 2.45) is 0 Å². The second-order valence-electron chi connectivity index (χ2n) is 8.90. The number of anilines is 1. The number of halogens is 3. The number of aromatic nitrogens is 4. The van der Waals surface area contributed by atoms with Gasteiger partial charge in [-0.05, 0) is 45.7 Å². The largest absolute Gasteiger partial charge is 0.444 e. The molecule has 4 heterocycles. The number of hydrogen-bond donors (Lipinski definition) is 2. The fourth-order valence-electron chi connectivity index (χ4n) is 3.74. The molecule has 1 aliphatic heterocycles. The van der Waals surface area contributed by atoms with E-state index in [9.17, 15) is 18.0 Å². The molecule has 3 aromatic heterocycles. The average molecular weight is 461 g/mol. The zero-order valence-corrected chi connectivity index (χ0v) is 18.5. The lowest BCUT2D eigenvalue weighted by Crippen LogP contribution is -2.47. The molecule has 1 fully saturated rings. The van der Waals surface area contributed by atoms with E-state index in [4.69, 9.17) is 4.74 Å². The number of ether oxygens (including phenoxy) is 1. The topological polar surface area (TPSA) is 96.0 Å². The summed E-state index contributed by atoms with van der Waals surface area (Å²) in [6.07, 6.45) is 1.24. The van der Waals surface area contributed by atoms with E-state index in [0.29, 0.717) is 30.5 Å². The van der Waals surface area contributed by atoms with E-state index in [2.05, 4.69) is 31.4 Å². The normalized spacial score (nSPS) is 17.3. The predicted octanol–water partition coefficient (Wildman–Crippen LogP) is 4.65. The summed E-state index contributed by atoms with van der Waals surface area (Å²) in [7, 11) is 0. The Morgan fingerprint density at radius 2 is 2.12 bits per heavy atom. The number of fused-ring (bicyclic) bond motifs is 1. The molecule has 1 saturated heterocycles. The van der Waals surface area contributed by atoms with Crippen LogP contribution in [-0.2, 0) is 10.9 Å². The monoisotopic (exact) mass is 461 g/mol. The van der Waals surface area contributed by atoms with Crippen molar-refractivity contribution in [3.63, 3.8) is 0 Å². The van der Waals surface area contributed by atoms with Crippen molar-refractivity contribution in [3.05, 3.63) is 36.3 Å². The molecule has 1 radical (unpaired) electrons. The van der Waals surface area contributed by atoms with Crippen molar-refractivity contribution in [3.8, 4) is 11.3 Å². The van der Waals surface area contributed by atoms with E-state index >= 15 is 0 Å². The fraction of sp³-hybridized carbons (Fsp3) is 0.455. The van der Waals surface area contributed by atoms with Crippen molar-refractivity contribution in [2.75, 3.05) is 18.4 Å². The Morgan fingerprint density at radius 1 is 1.33 bits per heavy atom. The average Bonchev–Trinajstić information content (AvgIpc) is 3.16. The van der Waals surface area contributed by atoms with E-state index in [-0.39, 0.29) is 23.2 Å². The molecule has 0 aromatic carbocycles. The van der Waals surface area contributed by atoms with Gasteiger partial charge in [0.1, 0.15) is 16.8 Å². The number of nitrogens with zero attached hydrogens (tertiary/aromatic N) is 4. The van der Waals surface area contributed by atoms with Gasteiger partial charge in [-0.2, -0.15) is 13.2 Å². The molecule has 0 spiro atoms. The van der Waals surface area contributed by atoms with Crippen LogP contribution < -0.4 is 5.32 Å². The summed E-state index contributed by atoms with van der Waals surface area (Å²) in [5, 5.41) is 3.58. The van der Waals surface area contributed by atoms with Crippen molar-refractivity contribution < 1.29 is 22.7 Å². The third kappa shape index (κ3) is 5.18. The highest BCUT2D eigenvalue weighted by Gasteiger charge is 2.36. The highest BCUT2D eigenvalue weighted by atomic mass is 19.4. The van der Waals surface area contributed by atoms with Gasteiger partial charge in [-0.25, -0.2) is 19.7 Å². The standard InChI is InChI=1S/C22H24F3N6O2/c1-21(2,3)33-20(32)31-9-5-6-13(12-31)29-19-28-11-16(22(23,24)25)17(30-19)15-10-27-18-14(15)7-4-8-26-18/h4,7,10-11,13H,5-6,9,12H2,1-3H3,(H,26,27)(H,28,29,30)/t13-/m0/s1.